The van der Waals surface area contributed by atoms with Crippen molar-refractivity contribution in [3.8, 4) is 0 Å². The molecule has 7 heteroatoms. The molecule has 0 heterocycles. The minimum atomic E-state index is -0.359. The zero-order valence-electron chi connectivity index (χ0n) is 13.6. The monoisotopic (exact) mass is 375 g/mol. The van der Waals surface area contributed by atoms with Crippen LogP contribution in [-0.2, 0) is 0 Å². The molecule has 25 heavy (non-hydrogen) atoms. The van der Waals surface area contributed by atoms with Gasteiger partial charge in [0.2, 0.25) is 0 Å². The summed E-state index contributed by atoms with van der Waals surface area (Å²) in [6.45, 7) is 2.57. The summed E-state index contributed by atoms with van der Waals surface area (Å²) in [6.07, 6.45) is 0.844. The number of halogens is 1. The van der Waals surface area contributed by atoms with Crippen LogP contribution in [0.1, 0.15) is 34.1 Å². The number of anilines is 1. The average Bonchev–Trinajstić information content (AvgIpc) is 2.60. The van der Waals surface area contributed by atoms with Crippen LogP contribution in [0.3, 0.4) is 0 Å². The van der Waals surface area contributed by atoms with E-state index >= 15 is 0 Å². The second-order valence-electron chi connectivity index (χ2n) is 5.22. The Morgan fingerprint density at radius 3 is 2.40 bits per heavy atom. The van der Waals surface area contributed by atoms with Crippen molar-refractivity contribution in [1.29, 1.82) is 0 Å². The van der Waals surface area contributed by atoms with E-state index in [1.807, 2.05) is 6.92 Å². The third-order valence-corrected chi connectivity index (χ3v) is 3.75. The van der Waals surface area contributed by atoms with Gasteiger partial charge in [-0.05, 0) is 55.0 Å². The molecule has 0 saturated heterocycles. The molecule has 0 bridgehead atoms. The summed E-state index contributed by atoms with van der Waals surface area (Å²) in [5, 5.41) is 8.94. The van der Waals surface area contributed by atoms with E-state index in [0.717, 1.165) is 6.42 Å². The lowest BCUT2D eigenvalue weighted by Crippen LogP contribution is -2.35. The van der Waals surface area contributed by atoms with Crippen molar-refractivity contribution in [3.63, 3.8) is 0 Å². The molecule has 2 rings (SSSR count). The Bertz CT molecular complexity index is 778. The van der Waals surface area contributed by atoms with E-state index in [9.17, 15) is 9.59 Å². The molecule has 0 saturated carbocycles. The number of carbonyl (C=O) groups excluding carboxylic acids is 2. The van der Waals surface area contributed by atoms with Gasteiger partial charge in [0.1, 0.15) is 0 Å². The quantitative estimate of drug-likeness (QED) is 0.698. The van der Waals surface area contributed by atoms with E-state index in [0.29, 0.717) is 28.4 Å². The first-order chi connectivity index (χ1) is 12.0. The molecular weight excluding hydrogens is 358 g/mol. The van der Waals surface area contributed by atoms with Crippen molar-refractivity contribution < 1.29 is 9.59 Å². The van der Waals surface area contributed by atoms with E-state index in [1.165, 1.54) is 0 Å². The fourth-order valence-corrected chi connectivity index (χ4v) is 2.38. The van der Waals surface area contributed by atoms with Crippen molar-refractivity contribution in [3.05, 3.63) is 64.7 Å². The van der Waals surface area contributed by atoms with Gasteiger partial charge in [-0.15, -0.1) is 0 Å². The van der Waals surface area contributed by atoms with Crippen LogP contribution >= 0.6 is 23.8 Å². The van der Waals surface area contributed by atoms with Gasteiger partial charge in [-0.3, -0.25) is 14.9 Å². The maximum atomic E-state index is 12.2. The Hall–Kier alpha value is -2.44. The summed E-state index contributed by atoms with van der Waals surface area (Å²) < 4.78 is 0. The number of hydrogen-bond acceptors (Lipinski definition) is 3. The first-order valence-corrected chi connectivity index (χ1v) is 8.55. The number of hydrogen-bond donors (Lipinski definition) is 3. The Kier molecular flexibility index (Phi) is 6.91. The van der Waals surface area contributed by atoms with E-state index in [1.54, 1.807) is 48.5 Å². The summed E-state index contributed by atoms with van der Waals surface area (Å²) in [5.41, 5.74) is 1.42. The van der Waals surface area contributed by atoms with Gasteiger partial charge in [0.15, 0.2) is 5.11 Å². The van der Waals surface area contributed by atoms with Gasteiger partial charge < -0.3 is 10.6 Å². The van der Waals surface area contributed by atoms with Crippen LogP contribution in [0, 0.1) is 0 Å². The number of benzene rings is 2. The topological polar surface area (TPSA) is 70.2 Å². The van der Waals surface area contributed by atoms with Crippen molar-refractivity contribution in [1.82, 2.24) is 10.6 Å². The van der Waals surface area contributed by atoms with E-state index < -0.39 is 0 Å². The molecule has 0 spiro atoms. The van der Waals surface area contributed by atoms with Crippen LogP contribution in [0.4, 0.5) is 5.69 Å². The van der Waals surface area contributed by atoms with Gasteiger partial charge in [0, 0.05) is 17.1 Å². The van der Waals surface area contributed by atoms with Crippen LogP contribution in [0.2, 0.25) is 5.02 Å². The summed E-state index contributed by atoms with van der Waals surface area (Å²) in [6, 6.07) is 13.4. The predicted molar refractivity (Wildman–Crippen MR) is 104 cm³/mol. The normalized spacial score (nSPS) is 10.0. The molecule has 0 fully saturated rings. The van der Waals surface area contributed by atoms with Crippen LogP contribution in [0.5, 0.6) is 0 Å². The van der Waals surface area contributed by atoms with Gasteiger partial charge in [-0.2, -0.15) is 0 Å². The lowest BCUT2D eigenvalue weighted by Gasteiger charge is -2.13. The number of para-hydroxylation sites is 1. The van der Waals surface area contributed by atoms with E-state index in [2.05, 4.69) is 16.0 Å². The second-order valence-corrected chi connectivity index (χ2v) is 6.06. The summed E-state index contributed by atoms with van der Waals surface area (Å²) >= 11 is 11.0. The molecule has 0 unspecified atom stereocenters. The fourth-order valence-electron chi connectivity index (χ4n) is 2.05. The molecule has 2 amide bonds. The highest BCUT2D eigenvalue weighted by atomic mass is 35.5. The molecule has 0 aliphatic heterocycles. The molecule has 3 N–H and O–H groups in total. The Morgan fingerprint density at radius 2 is 1.72 bits per heavy atom. The first-order valence-electron chi connectivity index (χ1n) is 7.76. The van der Waals surface area contributed by atoms with Gasteiger partial charge in [0.25, 0.3) is 11.8 Å². The Labute approximate surface area is 156 Å². The lowest BCUT2D eigenvalue weighted by molar-refractivity contribution is 0.0952. The fraction of sp³-hybridized carbons (Fsp3) is 0.167. The van der Waals surface area contributed by atoms with Gasteiger partial charge in [0.05, 0.1) is 11.3 Å². The molecule has 0 atom stereocenters. The molecule has 0 aliphatic rings. The number of amides is 2. The van der Waals surface area contributed by atoms with E-state index in [-0.39, 0.29) is 16.9 Å². The molecular formula is C18H18ClN3O2S. The number of rotatable bonds is 5. The number of nitrogens with one attached hydrogen (secondary N) is 3. The highest BCUT2D eigenvalue weighted by molar-refractivity contribution is 7.80. The smallest absolute Gasteiger partial charge is 0.257 e. The summed E-state index contributed by atoms with van der Waals surface area (Å²) in [5.74, 6) is -0.557. The molecule has 130 valence electrons. The average molecular weight is 376 g/mol. The van der Waals surface area contributed by atoms with Crippen LogP contribution < -0.4 is 16.0 Å². The van der Waals surface area contributed by atoms with Gasteiger partial charge in [-0.1, -0.05) is 30.7 Å². The standard InChI is InChI=1S/C18H18ClN3O2S/c1-2-11-20-17(24)14-5-3-4-6-15(14)21-18(25)22-16(23)12-7-9-13(19)10-8-12/h3-10H,2,11H2,1H3,(H,20,24)(H2,21,22,23,25). The van der Waals surface area contributed by atoms with Crippen LogP contribution in [0.25, 0.3) is 0 Å². The van der Waals surface area contributed by atoms with Crippen molar-refractivity contribution in [2.75, 3.05) is 11.9 Å². The second kappa shape index (κ2) is 9.15. The van der Waals surface area contributed by atoms with Crippen LogP contribution in [0.15, 0.2) is 48.5 Å². The van der Waals surface area contributed by atoms with Crippen molar-refractivity contribution in [2.24, 2.45) is 0 Å². The molecule has 0 aromatic heterocycles. The summed E-state index contributed by atoms with van der Waals surface area (Å²) in [4.78, 5) is 24.3. The maximum Gasteiger partial charge on any atom is 0.257 e. The zero-order valence-corrected chi connectivity index (χ0v) is 15.2. The number of carbonyl (C=O) groups is 2. The van der Waals surface area contributed by atoms with Crippen LogP contribution in [-0.4, -0.2) is 23.5 Å². The van der Waals surface area contributed by atoms with Gasteiger partial charge in [-0.25, -0.2) is 0 Å². The third kappa shape index (κ3) is 5.55. The molecule has 2 aromatic rings. The zero-order chi connectivity index (χ0) is 18.2. The molecule has 2 aromatic carbocycles. The minimum absolute atomic E-state index is 0.107. The van der Waals surface area contributed by atoms with Crippen molar-refractivity contribution in [2.45, 2.75) is 13.3 Å². The third-order valence-electron chi connectivity index (χ3n) is 3.29. The Morgan fingerprint density at radius 1 is 1.04 bits per heavy atom. The molecule has 0 aliphatic carbocycles. The van der Waals surface area contributed by atoms with E-state index in [4.69, 9.17) is 23.8 Å². The Balaban J connectivity index is 2.04. The first kappa shape index (κ1) is 18.9. The largest absolute Gasteiger partial charge is 0.352 e. The maximum absolute atomic E-state index is 12.2. The van der Waals surface area contributed by atoms with Crippen molar-refractivity contribution >= 4 is 46.4 Å². The highest BCUT2D eigenvalue weighted by Crippen LogP contribution is 2.15. The lowest BCUT2D eigenvalue weighted by atomic mass is 10.1. The summed E-state index contributed by atoms with van der Waals surface area (Å²) in [7, 11) is 0. The SMILES string of the molecule is CCCNC(=O)c1ccccc1NC(=S)NC(=O)c1ccc(Cl)cc1. The predicted octanol–water partition coefficient (Wildman–Crippen LogP) is 3.61. The highest BCUT2D eigenvalue weighted by Gasteiger charge is 2.13. The molecule has 5 nitrogen and oxygen atoms in total. The number of thiocarbonyl (C=S) groups is 1. The molecule has 0 radical (unpaired) electrons. The minimum Gasteiger partial charge on any atom is -0.352 e. The van der Waals surface area contributed by atoms with Gasteiger partial charge >= 0.3 is 0 Å².